The van der Waals surface area contributed by atoms with Crippen molar-refractivity contribution in [1.29, 1.82) is 0 Å². The van der Waals surface area contributed by atoms with Crippen LogP contribution in [0, 0.1) is 0 Å². The average molecular weight is 454 g/mol. The number of hydrogen-bond acceptors (Lipinski definition) is 6. The molecule has 0 aliphatic carbocycles. The van der Waals surface area contributed by atoms with Crippen molar-refractivity contribution in [2.24, 2.45) is 0 Å². The van der Waals surface area contributed by atoms with Gasteiger partial charge in [-0.25, -0.2) is 0 Å². The fourth-order valence-corrected chi connectivity index (χ4v) is 3.54. The third-order valence-electron chi connectivity index (χ3n) is 5.46. The molecule has 0 radical (unpaired) electrons. The highest BCUT2D eigenvalue weighted by atomic mass is 16.5. The van der Waals surface area contributed by atoms with Crippen LogP contribution in [0.2, 0.25) is 0 Å². The molecule has 2 amide bonds. The van der Waals surface area contributed by atoms with Gasteiger partial charge in [0.2, 0.25) is 5.78 Å². The summed E-state index contributed by atoms with van der Waals surface area (Å²) in [5.41, 5.74) is 2.97. The van der Waals surface area contributed by atoms with Gasteiger partial charge in [0.05, 0.1) is 25.9 Å². The van der Waals surface area contributed by atoms with Crippen LogP contribution in [-0.2, 0) is 32.2 Å². The van der Waals surface area contributed by atoms with Gasteiger partial charge in [-0.15, -0.1) is 0 Å². The molecule has 0 saturated carbocycles. The summed E-state index contributed by atoms with van der Waals surface area (Å²) >= 11 is 0. The lowest BCUT2D eigenvalue weighted by molar-refractivity contribution is -0.139. The van der Waals surface area contributed by atoms with Gasteiger partial charge in [0.15, 0.2) is 0 Å². The molecule has 0 aromatic heterocycles. The summed E-state index contributed by atoms with van der Waals surface area (Å²) in [7, 11) is 1.83. The van der Waals surface area contributed by atoms with Crippen LogP contribution in [0.5, 0.6) is 0 Å². The van der Waals surface area contributed by atoms with Gasteiger partial charge in [0.25, 0.3) is 11.8 Å². The van der Waals surface area contributed by atoms with E-state index >= 15 is 0 Å². The molecule has 1 heterocycles. The number of ketones is 1. The van der Waals surface area contributed by atoms with Crippen LogP contribution in [0.15, 0.2) is 48.5 Å². The Kier molecular flexibility index (Phi) is 9.41. The highest BCUT2D eigenvalue weighted by Gasteiger charge is 2.27. The van der Waals surface area contributed by atoms with Crippen molar-refractivity contribution in [2.75, 3.05) is 32.2 Å². The van der Waals surface area contributed by atoms with E-state index in [1.54, 1.807) is 12.1 Å². The summed E-state index contributed by atoms with van der Waals surface area (Å²) < 4.78 is 11.2. The monoisotopic (exact) mass is 453 g/mol. The summed E-state index contributed by atoms with van der Waals surface area (Å²) in [4.78, 5) is 38.5. The van der Waals surface area contributed by atoms with Crippen LogP contribution in [-0.4, -0.2) is 50.5 Å². The Labute approximate surface area is 194 Å². The molecule has 3 N–H and O–H groups in total. The van der Waals surface area contributed by atoms with Crippen LogP contribution in [0.3, 0.4) is 0 Å². The van der Waals surface area contributed by atoms with E-state index in [-0.39, 0.29) is 13.2 Å². The number of ether oxygens (including phenoxy) is 2. The first-order chi connectivity index (χ1) is 16.1. The lowest BCUT2D eigenvalue weighted by Crippen LogP contribution is -2.47. The molecule has 0 bridgehead atoms. The maximum absolute atomic E-state index is 13.0. The zero-order valence-corrected chi connectivity index (χ0v) is 18.9. The number of carbonyl (C=O) groups is 3. The molecule has 0 saturated heterocycles. The number of hydrogen-bond donors (Lipinski definition) is 3. The molecule has 2 aromatic rings. The zero-order chi connectivity index (χ0) is 23.5. The van der Waals surface area contributed by atoms with E-state index in [0.717, 1.165) is 17.7 Å². The van der Waals surface area contributed by atoms with E-state index in [1.165, 1.54) is 0 Å². The Hall–Kier alpha value is -3.23. The molecule has 176 valence electrons. The number of benzene rings is 2. The van der Waals surface area contributed by atoms with Gasteiger partial charge in [0, 0.05) is 31.5 Å². The summed E-state index contributed by atoms with van der Waals surface area (Å²) in [5, 5.41) is 8.46. The molecule has 1 atom stereocenters. The lowest BCUT2D eigenvalue weighted by atomic mass is 10.0. The molecule has 3 rings (SSSR count). The average Bonchev–Trinajstić information content (AvgIpc) is 2.85. The SMILES string of the molecule is CNc1ccc(CNC(=O)C(=O)C2CCCCOCCOCc3ccccc3C(=O)N2)cc1. The van der Waals surface area contributed by atoms with Crippen LogP contribution in [0.4, 0.5) is 5.69 Å². The van der Waals surface area contributed by atoms with Gasteiger partial charge >= 0.3 is 0 Å². The van der Waals surface area contributed by atoms with Crippen LogP contribution >= 0.6 is 0 Å². The first kappa shape index (κ1) is 24.4. The van der Waals surface area contributed by atoms with Crippen LogP contribution in [0.25, 0.3) is 0 Å². The Morgan fingerprint density at radius 3 is 2.55 bits per heavy atom. The number of amides is 2. The molecule has 8 nitrogen and oxygen atoms in total. The van der Waals surface area contributed by atoms with Gasteiger partial charge < -0.3 is 25.4 Å². The molecule has 1 unspecified atom stereocenters. The highest BCUT2D eigenvalue weighted by molar-refractivity contribution is 6.38. The fraction of sp³-hybridized carbons (Fsp3) is 0.400. The van der Waals surface area contributed by atoms with Gasteiger partial charge in [-0.3, -0.25) is 14.4 Å². The summed E-state index contributed by atoms with van der Waals surface area (Å²) in [6.07, 6.45) is 1.71. The van der Waals surface area contributed by atoms with Crippen molar-refractivity contribution < 1.29 is 23.9 Å². The molecular weight excluding hydrogens is 422 g/mol. The Balaban J connectivity index is 1.68. The largest absolute Gasteiger partial charge is 0.388 e. The molecule has 0 spiro atoms. The summed E-state index contributed by atoms with van der Waals surface area (Å²) in [6.45, 7) is 1.93. The predicted octanol–water partition coefficient (Wildman–Crippen LogP) is 2.43. The quantitative estimate of drug-likeness (QED) is 0.601. The van der Waals surface area contributed by atoms with Crippen molar-refractivity contribution in [2.45, 2.75) is 38.5 Å². The number of fused-ring (bicyclic) bond motifs is 1. The van der Waals surface area contributed by atoms with Gasteiger partial charge in [-0.1, -0.05) is 30.3 Å². The molecule has 33 heavy (non-hydrogen) atoms. The van der Waals surface area contributed by atoms with E-state index < -0.39 is 23.6 Å². The van der Waals surface area contributed by atoms with Crippen molar-refractivity contribution >= 4 is 23.3 Å². The molecular formula is C25H31N3O5. The third kappa shape index (κ3) is 7.40. The van der Waals surface area contributed by atoms with Crippen LogP contribution < -0.4 is 16.0 Å². The standard InChI is InChI=1S/C25H31N3O5/c1-26-20-11-9-18(10-12-20)16-27-25(31)23(29)22-8-4-5-13-32-14-15-33-17-19-6-2-3-7-21(19)24(30)28-22/h2-3,6-7,9-12,22,26H,4-5,8,13-17H2,1H3,(H,27,31)(H,28,30). The minimum Gasteiger partial charge on any atom is -0.388 e. The third-order valence-corrected chi connectivity index (χ3v) is 5.46. The van der Waals surface area contributed by atoms with Crippen LogP contribution in [0.1, 0.15) is 40.7 Å². The van der Waals surface area contributed by atoms with Crippen molar-refractivity contribution in [3.05, 3.63) is 65.2 Å². The first-order valence-corrected chi connectivity index (χ1v) is 11.2. The fourth-order valence-electron chi connectivity index (χ4n) is 3.54. The van der Waals surface area contributed by atoms with Crippen molar-refractivity contribution in [3.63, 3.8) is 0 Å². The molecule has 1 aliphatic heterocycles. The van der Waals surface area contributed by atoms with E-state index in [2.05, 4.69) is 16.0 Å². The number of carbonyl (C=O) groups excluding carboxylic acids is 3. The lowest BCUT2D eigenvalue weighted by Gasteiger charge is -2.19. The molecule has 1 aliphatic rings. The number of anilines is 1. The number of rotatable bonds is 5. The van der Waals surface area contributed by atoms with Gasteiger partial charge in [-0.05, 0) is 48.6 Å². The minimum atomic E-state index is -0.916. The summed E-state index contributed by atoms with van der Waals surface area (Å²) in [5.74, 6) is -1.76. The van der Waals surface area contributed by atoms with Crippen molar-refractivity contribution in [1.82, 2.24) is 10.6 Å². The van der Waals surface area contributed by atoms with E-state index in [1.807, 2.05) is 43.4 Å². The molecule has 0 fully saturated rings. The van der Waals surface area contributed by atoms with E-state index in [0.29, 0.717) is 43.8 Å². The Morgan fingerprint density at radius 1 is 1.00 bits per heavy atom. The maximum atomic E-state index is 13.0. The zero-order valence-electron chi connectivity index (χ0n) is 18.9. The number of Topliss-reactive ketones (excluding diaryl/α,β-unsaturated/α-hetero) is 1. The van der Waals surface area contributed by atoms with Gasteiger partial charge in [-0.2, -0.15) is 0 Å². The second-order valence-electron chi connectivity index (χ2n) is 7.84. The predicted molar refractivity (Wildman–Crippen MR) is 125 cm³/mol. The molecule has 8 heteroatoms. The topological polar surface area (TPSA) is 106 Å². The van der Waals surface area contributed by atoms with Crippen molar-refractivity contribution in [3.8, 4) is 0 Å². The minimum absolute atomic E-state index is 0.225. The second-order valence-corrected chi connectivity index (χ2v) is 7.84. The Morgan fingerprint density at radius 2 is 1.76 bits per heavy atom. The smallest absolute Gasteiger partial charge is 0.289 e. The van der Waals surface area contributed by atoms with E-state index in [9.17, 15) is 14.4 Å². The van der Waals surface area contributed by atoms with E-state index in [4.69, 9.17) is 9.47 Å². The maximum Gasteiger partial charge on any atom is 0.289 e. The second kappa shape index (κ2) is 12.7. The first-order valence-electron chi connectivity index (χ1n) is 11.2. The normalized spacial score (nSPS) is 17.7. The van der Waals surface area contributed by atoms with Gasteiger partial charge in [0.1, 0.15) is 0 Å². The number of nitrogens with one attached hydrogen (secondary N) is 3. The summed E-state index contributed by atoms with van der Waals surface area (Å²) in [6, 6.07) is 13.7. The Bertz CT molecular complexity index is 945. The molecule has 2 aromatic carbocycles. The highest BCUT2D eigenvalue weighted by Crippen LogP contribution is 2.13.